The number of nitrogens with one attached hydrogen (secondary N) is 1. The van der Waals surface area contributed by atoms with Crippen LogP contribution >= 0.6 is 23.1 Å². The first-order chi connectivity index (χ1) is 8.81. The van der Waals surface area contributed by atoms with Gasteiger partial charge in [-0.15, -0.1) is 0 Å². The average molecular weight is 280 g/mol. The summed E-state index contributed by atoms with van der Waals surface area (Å²) < 4.78 is 0. The van der Waals surface area contributed by atoms with Crippen molar-refractivity contribution >= 4 is 28.3 Å². The zero-order chi connectivity index (χ0) is 12.4. The highest BCUT2D eigenvalue weighted by Gasteiger charge is 2.31. The lowest BCUT2D eigenvalue weighted by Crippen LogP contribution is -2.36. The maximum Gasteiger partial charge on any atom is 0.157 e. The summed E-state index contributed by atoms with van der Waals surface area (Å²) in [6, 6.07) is 3.30. The van der Waals surface area contributed by atoms with E-state index in [1.54, 1.807) is 11.3 Å². The second-order valence-electron chi connectivity index (χ2n) is 5.38. The minimum Gasteiger partial charge on any atom is -0.362 e. The Kier molecular flexibility index (Phi) is 3.94. The van der Waals surface area contributed by atoms with Crippen molar-refractivity contribution in [2.24, 2.45) is 10.9 Å². The lowest BCUT2D eigenvalue weighted by molar-refractivity contribution is 0.530. The molecular formula is C14H20N2S2. The Labute approximate surface area is 117 Å². The quantitative estimate of drug-likeness (QED) is 0.916. The molecule has 2 nitrogen and oxygen atoms in total. The van der Waals surface area contributed by atoms with Gasteiger partial charge in [-0.05, 0) is 54.5 Å². The van der Waals surface area contributed by atoms with Gasteiger partial charge in [-0.2, -0.15) is 11.3 Å². The smallest absolute Gasteiger partial charge is 0.157 e. The second kappa shape index (κ2) is 5.66. The van der Waals surface area contributed by atoms with Gasteiger partial charge in [0.25, 0.3) is 0 Å². The molecule has 1 aromatic rings. The number of rotatable bonds is 3. The summed E-state index contributed by atoms with van der Waals surface area (Å²) in [5.74, 6) is 2.12. The summed E-state index contributed by atoms with van der Waals surface area (Å²) >= 11 is 3.70. The molecule has 0 radical (unpaired) electrons. The fourth-order valence-corrected chi connectivity index (χ4v) is 4.80. The van der Waals surface area contributed by atoms with E-state index in [4.69, 9.17) is 4.99 Å². The van der Waals surface area contributed by atoms with Crippen molar-refractivity contribution in [2.75, 3.05) is 5.75 Å². The molecule has 2 aliphatic rings. The van der Waals surface area contributed by atoms with Crippen molar-refractivity contribution in [3.8, 4) is 0 Å². The van der Waals surface area contributed by atoms with Crippen LogP contribution in [0.5, 0.6) is 0 Å². The van der Waals surface area contributed by atoms with Crippen LogP contribution in [0.3, 0.4) is 0 Å². The second-order valence-corrected chi connectivity index (χ2v) is 7.17. The van der Waals surface area contributed by atoms with Crippen LogP contribution in [0.25, 0.3) is 0 Å². The Morgan fingerprint density at radius 2 is 2.44 bits per heavy atom. The van der Waals surface area contributed by atoms with E-state index in [0.29, 0.717) is 12.1 Å². The van der Waals surface area contributed by atoms with Crippen molar-refractivity contribution in [3.05, 3.63) is 22.4 Å². The van der Waals surface area contributed by atoms with Crippen molar-refractivity contribution in [1.82, 2.24) is 5.32 Å². The summed E-state index contributed by atoms with van der Waals surface area (Å²) in [6.07, 6.45) is 5.16. The highest BCUT2D eigenvalue weighted by molar-refractivity contribution is 8.13. The maximum atomic E-state index is 4.88. The highest BCUT2D eigenvalue weighted by Crippen LogP contribution is 2.35. The molecule has 1 aromatic heterocycles. The Hall–Kier alpha value is -0.480. The molecule has 1 saturated carbocycles. The molecule has 3 rings (SSSR count). The number of thiophene rings is 1. The third-order valence-electron chi connectivity index (χ3n) is 3.83. The largest absolute Gasteiger partial charge is 0.362 e. The van der Waals surface area contributed by atoms with Gasteiger partial charge < -0.3 is 5.32 Å². The molecule has 2 heterocycles. The minimum atomic E-state index is 0.476. The van der Waals surface area contributed by atoms with Crippen molar-refractivity contribution in [3.63, 3.8) is 0 Å². The number of fused-ring (bicyclic) bond motifs is 1. The standard InChI is InChI=1S/C14H20N2S2/c1-10(7-11-5-6-17-8-11)15-14-16-13-4-2-3-12(13)9-18-14/h5-6,8,10,12-13H,2-4,7,9H2,1H3,(H,15,16). The predicted molar refractivity (Wildman–Crippen MR) is 81.6 cm³/mol. The lowest BCUT2D eigenvalue weighted by Gasteiger charge is -2.25. The number of amidine groups is 1. The molecule has 1 fully saturated rings. The number of aliphatic imine (C=N–C) groups is 1. The summed E-state index contributed by atoms with van der Waals surface area (Å²) in [5, 5.41) is 9.16. The molecule has 1 N–H and O–H groups in total. The zero-order valence-electron chi connectivity index (χ0n) is 10.8. The van der Waals surface area contributed by atoms with Gasteiger partial charge in [-0.1, -0.05) is 18.2 Å². The van der Waals surface area contributed by atoms with Crippen LogP contribution in [0.2, 0.25) is 0 Å². The normalized spacial score (nSPS) is 28.6. The predicted octanol–water partition coefficient (Wildman–Crippen LogP) is 3.54. The summed E-state index contributed by atoms with van der Waals surface area (Å²) in [6.45, 7) is 2.25. The van der Waals surface area contributed by atoms with Gasteiger partial charge in [0, 0.05) is 11.8 Å². The average Bonchev–Trinajstić information content (AvgIpc) is 2.98. The Balaban J connectivity index is 1.56. The van der Waals surface area contributed by atoms with Gasteiger partial charge in [0.2, 0.25) is 0 Å². The van der Waals surface area contributed by atoms with Gasteiger partial charge in [0.15, 0.2) is 5.17 Å². The molecule has 0 bridgehead atoms. The number of thioether (sulfide) groups is 1. The molecule has 0 spiro atoms. The van der Waals surface area contributed by atoms with E-state index in [9.17, 15) is 0 Å². The molecule has 0 amide bonds. The number of nitrogens with zero attached hydrogens (tertiary/aromatic N) is 1. The Bertz CT molecular complexity index is 413. The van der Waals surface area contributed by atoms with E-state index in [1.807, 2.05) is 11.8 Å². The van der Waals surface area contributed by atoms with Crippen LogP contribution in [0, 0.1) is 5.92 Å². The molecule has 3 atom stereocenters. The topological polar surface area (TPSA) is 24.4 Å². The molecule has 4 heteroatoms. The third-order valence-corrected chi connectivity index (χ3v) is 5.65. The van der Waals surface area contributed by atoms with Crippen molar-refractivity contribution in [2.45, 2.75) is 44.7 Å². The van der Waals surface area contributed by atoms with Gasteiger partial charge in [-0.3, -0.25) is 4.99 Å². The first-order valence-corrected chi connectivity index (χ1v) is 8.72. The fraction of sp³-hybridized carbons (Fsp3) is 0.643. The van der Waals surface area contributed by atoms with Crippen molar-refractivity contribution in [1.29, 1.82) is 0 Å². The van der Waals surface area contributed by atoms with E-state index in [-0.39, 0.29) is 0 Å². The van der Waals surface area contributed by atoms with Crippen molar-refractivity contribution < 1.29 is 0 Å². The third kappa shape index (κ3) is 2.91. The molecule has 0 saturated heterocycles. The number of hydrogen-bond donors (Lipinski definition) is 1. The van der Waals surface area contributed by atoms with Gasteiger partial charge in [0.1, 0.15) is 0 Å². The Morgan fingerprint density at radius 1 is 1.50 bits per heavy atom. The SMILES string of the molecule is CC(Cc1ccsc1)NC1=NC2CCCC2CS1. The zero-order valence-corrected chi connectivity index (χ0v) is 12.4. The van der Waals surface area contributed by atoms with E-state index >= 15 is 0 Å². The first kappa shape index (κ1) is 12.5. The maximum absolute atomic E-state index is 4.88. The van der Waals surface area contributed by atoms with Crippen LogP contribution in [0.1, 0.15) is 31.7 Å². The first-order valence-electron chi connectivity index (χ1n) is 6.79. The van der Waals surface area contributed by atoms with Crippen LogP contribution in [0.15, 0.2) is 21.8 Å². The van der Waals surface area contributed by atoms with Gasteiger partial charge in [-0.25, -0.2) is 0 Å². The number of hydrogen-bond acceptors (Lipinski definition) is 4. The monoisotopic (exact) mass is 280 g/mol. The van der Waals surface area contributed by atoms with E-state index in [0.717, 1.165) is 12.3 Å². The van der Waals surface area contributed by atoms with Gasteiger partial charge >= 0.3 is 0 Å². The van der Waals surface area contributed by atoms with Crippen LogP contribution in [-0.4, -0.2) is 23.0 Å². The summed E-state index contributed by atoms with van der Waals surface area (Å²) in [4.78, 5) is 4.88. The Morgan fingerprint density at radius 3 is 3.28 bits per heavy atom. The lowest BCUT2D eigenvalue weighted by atomic mass is 10.1. The van der Waals surface area contributed by atoms with E-state index in [1.165, 1.54) is 35.7 Å². The molecule has 98 valence electrons. The van der Waals surface area contributed by atoms with Crippen LogP contribution < -0.4 is 5.32 Å². The molecule has 18 heavy (non-hydrogen) atoms. The summed E-state index contributed by atoms with van der Waals surface area (Å²) in [5.41, 5.74) is 1.43. The molecule has 1 aliphatic carbocycles. The van der Waals surface area contributed by atoms with Crippen LogP contribution in [0.4, 0.5) is 0 Å². The molecule has 3 unspecified atom stereocenters. The van der Waals surface area contributed by atoms with E-state index in [2.05, 4.69) is 29.1 Å². The van der Waals surface area contributed by atoms with E-state index < -0.39 is 0 Å². The molecular weight excluding hydrogens is 260 g/mol. The molecule has 1 aliphatic heterocycles. The highest BCUT2D eigenvalue weighted by atomic mass is 32.2. The minimum absolute atomic E-state index is 0.476. The van der Waals surface area contributed by atoms with Crippen LogP contribution in [-0.2, 0) is 6.42 Å². The summed E-state index contributed by atoms with van der Waals surface area (Å²) in [7, 11) is 0. The molecule has 0 aromatic carbocycles. The van der Waals surface area contributed by atoms with Gasteiger partial charge in [0.05, 0.1) is 6.04 Å². The fourth-order valence-electron chi connectivity index (χ4n) is 2.86.